The molecule has 6 nitrogen and oxygen atoms in total. The van der Waals surface area contributed by atoms with E-state index in [4.69, 9.17) is 8.83 Å². The number of para-hydroxylation sites is 1. The van der Waals surface area contributed by atoms with Gasteiger partial charge >= 0.3 is 0 Å². The van der Waals surface area contributed by atoms with Gasteiger partial charge in [0.2, 0.25) is 0 Å². The van der Waals surface area contributed by atoms with E-state index in [0.717, 1.165) is 5.76 Å². The van der Waals surface area contributed by atoms with Crippen LogP contribution in [0.1, 0.15) is 26.7 Å². The summed E-state index contributed by atoms with van der Waals surface area (Å²) in [4.78, 5) is 26.5. The molecule has 0 spiro atoms. The first-order valence-corrected chi connectivity index (χ1v) is 8.78. The Hall–Kier alpha value is -2.80. The highest BCUT2D eigenvalue weighted by atomic mass is 79.9. The molecule has 1 aromatic carbocycles. The van der Waals surface area contributed by atoms with Crippen LogP contribution in [0.5, 0.6) is 0 Å². The molecule has 0 saturated heterocycles. The Morgan fingerprint density at radius 2 is 1.92 bits per heavy atom. The van der Waals surface area contributed by atoms with E-state index >= 15 is 0 Å². The topological polar surface area (TPSA) is 75.7 Å². The number of carbonyl (C=O) groups excluding carboxylic acids is 2. The van der Waals surface area contributed by atoms with Gasteiger partial charge in [0.05, 0.1) is 17.5 Å². The zero-order chi connectivity index (χ0) is 18.5. The van der Waals surface area contributed by atoms with Crippen molar-refractivity contribution in [3.05, 3.63) is 76.5 Å². The molecule has 2 amide bonds. The molecule has 3 aromatic rings. The number of benzene rings is 1. The van der Waals surface area contributed by atoms with Crippen LogP contribution in [0.25, 0.3) is 0 Å². The van der Waals surface area contributed by atoms with Gasteiger partial charge in [-0.05, 0) is 52.3 Å². The summed E-state index contributed by atoms with van der Waals surface area (Å²) in [7, 11) is 1.60. The van der Waals surface area contributed by atoms with E-state index in [1.165, 1.54) is 4.90 Å². The first kappa shape index (κ1) is 18.0. The fourth-order valence-corrected chi connectivity index (χ4v) is 2.82. The molecule has 134 valence electrons. The van der Waals surface area contributed by atoms with Crippen LogP contribution in [-0.4, -0.2) is 25.4 Å². The predicted octanol–water partition coefficient (Wildman–Crippen LogP) is 3.88. The monoisotopic (exact) mass is 416 g/mol. The number of nitrogens with zero attached hydrogens (tertiary/aromatic N) is 1. The molecular formula is C19H17BrN2O4. The first-order valence-electron chi connectivity index (χ1n) is 7.99. The average molecular weight is 417 g/mol. The highest BCUT2D eigenvalue weighted by Gasteiger charge is 2.21. The lowest BCUT2D eigenvalue weighted by molar-refractivity contribution is 0.0953. The summed E-state index contributed by atoms with van der Waals surface area (Å²) in [5.41, 5.74) is 0.911. The Labute approximate surface area is 158 Å². The van der Waals surface area contributed by atoms with Crippen molar-refractivity contribution in [2.45, 2.75) is 6.42 Å². The molecule has 3 rings (SSSR count). The highest BCUT2D eigenvalue weighted by Crippen LogP contribution is 2.23. The number of carbonyl (C=O) groups is 2. The molecule has 0 bridgehead atoms. The van der Waals surface area contributed by atoms with E-state index in [9.17, 15) is 9.59 Å². The zero-order valence-electron chi connectivity index (χ0n) is 14.1. The van der Waals surface area contributed by atoms with Gasteiger partial charge in [0.25, 0.3) is 11.8 Å². The molecular weight excluding hydrogens is 400 g/mol. The number of hydrogen-bond acceptors (Lipinski definition) is 4. The van der Waals surface area contributed by atoms with Gasteiger partial charge in [0.1, 0.15) is 5.76 Å². The van der Waals surface area contributed by atoms with Crippen LogP contribution >= 0.6 is 15.9 Å². The molecule has 0 aliphatic carbocycles. The lowest BCUT2D eigenvalue weighted by atomic mass is 10.1. The van der Waals surface area contributed by atoms with E-state index in [-0.39, 0.29) is 17.6 Å². The first-order chi connectivity index (χ1) is 12.6. The van der Waals surface area contributed by atoms with Crippen molar-refractivity contribution in [3.8, 4) is 0 Å². The Kier molecular flexibility index (Phi) is 5.58. The smallest absolute Gasteiger partial charge is 0.293 e. The van der Waals surface area contributed by atoms with Gasteiger partial charge < -0.3 is 19.1 Å². The Morgan fingerprint density at radius 1 is 1.12 bits per heavy atom. The quantitative estimate of drug-likeness (QED) is 0.661. The fraction of sp³-hybridized carbons (Fsp3) is 0.158. The number of nitrogens with one attached hydrogen (secondary N) is 1. The average Bonchev–Trinajstić information content (AvgIpc) is 3.32. The summed E-state index contributed by atoms with van der Waals surface area (Å²) < 4.78 is 11.0. The van der Waals surface area contributed by atoms with Crippen LogP contribution in [0.4, 0.5) is 5.69 Å². The second kappa shape index (κ2) is 8.05. The van der Waals surface area contributed by atoms with Crippen molar-refractivity contribution in [2.75, 3.05) is 18.5 Å². The van der Waals surface area contributed by atoms with E-state index in [0.29, 0.717) is 28.9 Å². The van der Waals surface area contributed by atoms with Crippen molar-refractivity contribution in [2.24, 2.45) is 0 Å². The number of furan rings is 2. The summed E-state index contributed by atoms with van der Waals surface area (Å²) in [6.45, 7) is 0.434. The molecule has 26 heavy (non-hydrogen) atoms. The molecule has 0 unspecified atom stereocenters. The van der Waals surface area contributed by atoms with Gasteiger partial charge in [-0.25, -0.2) is 0 Å². The van der Waals surface area contributed by atoms with Crippen molar-refractivity contribution >= 4 is 33.4 Å². The van der Waals surface area contributed by atoms with E-state index in [1.54, 1.807) is 55.8 Å². The van der Waals surface area contributed by atoms with Crippen molar-refractivity contribution in [3.63, 3.8) is 0 Å². The molecule has 0 aliphatic heterocycles. The zero-order valence-corrected chi connectivity index (χ0v) is 15.7. The van der Waals surface area contributed by atoms with Gasteiger partial charge in [-0.3, -0.25) is 9.59 Å². The van der Waals surface area contributed by atoms with Crippen LogP contribution in [0, 0.1) is 0 Å². The minimum Gasteiger partial charge on any atom is -0.469 e. The maximum atomic E-state index is 12.6. The van der Waals surface area contributed by atoms with Crippen molar-refractivity contribution < 1.29 is 18.4 Å². The lowest BCUT2D eigenvalue weighted by Crippen LogP contribution is -2.31. The molecule has 0 saturated carbocycles. The Balaban J connectivity index is 1.72. The van der Waals surface area contributed by atoms with Crippen molar-refractivity contribution in [1.82, 2.24) is 5.32 Å². The Bertz CT molecular complexity index is 902. The molecule has 0 fully saturated rings. The maximum absolute atomic E-state index is 12.6. The van der Waals surface area contributed by atoms with Gasteiger partial charge in [0.15, 0.2) is 10.4 Å². The summed E-state index contributed by atoms with van der Waals surface area (Å²) in [6.07, 6.45) is 2.19. The third-order valence-corrected chi connectivity index (χ3v) is 4.26. The number of hydrogen-bond donors (Lipinski definition) is 1. The van der Waals surface area contributed by atoms with Crippen LogP contribution in [0.3, 0.4) is 0 Å². The molecule has 7 heteroatoms. The number of rotatable bonds is 6. The van der Waals surface area contributed by atoms with Crippen LogP contribution < -0.4 is 10.2 Å². The summed E-state index contributed by atoms with van der Waals surface area (Å²) in [5.74, 6) is 0.389. The molecule has 2 heterocycles. The molecule has 2 aromatic heterocycles. The van der Waals surface area contributed by atoms with Gasteiger partial charge in [0, 0.05) is 20.0 Å². The predicted molar refractivity (Wildman–Crippen MR) is 100 cm³/mol. The largest absolute Gasteiger partial charge is 0.469 e. The lowest BCUT2D eigenvalue weighted by Gasteiger charge is -2.19. The Morgan fingerprint density at radius 3 is 2.62 bits per heavy atom. The molecule has 0 atom stereocenters. The minimum atomic E-state index is -0.341. The second-order valence-corrected chi connectivity index (χ2v) is 6.35. The number of anilines is 1. The summed E-state index contributed by atoms with van der Waals surface area (Å²) >= 11 is 3.18. The van der Waals surface area contributed by atoms with E-state index in [2.05, 4.69) is 21.2 Å². The number of amides is 2. The summed E-state index contributed by atoms with van der Waals surface area (Å²) in [6, 6.07) is 13.8. The van der Waals surface area contributed by atoms with Crippen LogP contribution in [0.2, 0.25) is 0 Å². The van der Waals surface area contributed by atoms with E-state index in [1.807, 2.05) is 6.07 Å². The number of halogens is 1. The van der Waals surface area contributed by atoms with Crippen LogP contribution in [-0.2, 0) is 6.42 Å². The third kappa shape index (κ3) is 4.05. The van der Waals surface area contributed by atoms with Gasteiger partial charge in [-0.15, -0.1) is 0 Å². The SMILES string of the molecule is CN(C(=O)c1ccc(Br)o1)c1ccccc1C(=O)NCCc1ccco1. The fourth-order valence-electron chi connectivity index (χ4n) is 2.51. The standard InChI is InChI=1S/C19H17BrN2O4/c1-22(19(24)16-8-9-17(20)26-16)15-7-3-2-6-14(15)18(23)21-11-10-13-5-4-12-25-13/h2-9,12H,10-11H2,1H3,(H,21,23). The minimum absolute atomic E-state index is 0.187. The third-order valence-electron chi connectivity index (χ3n) is 3.84. The van der Waals surface area contributed by atoms with E-state index < -0.39 is 0 Å². The van der Waals surface area contributed by atoms with Gasteiger partial charge in [-0.2, -0.15) is 0 Å². The van der Waals surface area contributed by atoms with Crippen molar-refractivity contribution in [1.29, 1.82) is 0 Å². The van der Waals surface area contributed by atoms with Gasteiger partial charge in [-0.1, -0.05) is 12.1 Å². The second-order valence-electron chi connectivity index (χ2n) is 5.57. The molecule has 0 radical (unpaired) electrons. The molecule has 1 N–H and O–H groups in total. The normalized spacial score (nSPS) is 10.5. The summed E-state index contributed by atoms with van der Waals surface area (Å²) in [5, 5.41) is 2.85. The highest BCUT2D eigenvalue weighted by molar-refractivity contribution is 9.10. The van der Waals surface area contributed by atoms with Crippen LogP contribution in [0.15, 0.2) is 68.3 Å². The molecule has 0 aliphatic rings. The maximum Gasteiger partial charge on any atom is 0.293 e.